The summed E-state index contributed by atoms with van der Waals surface area (Å²) in [6, 6.07) is 34.5. The third-order valence-corrected chi connectivity index (χ3v) is 6.56. The summed E-state index contributed by atoms with van der Waals surface area (Å²) in [5.41, 5.74) is 11.3. The van der Waals surface area contributed by atoms with Gasteiger partial charge in [-0.25, -0.2) is 0 Å². The summed E-state index contributed by atoms with van der Waals surface area (Å²) >= 11 is 0. The molecule has 0 spiro atoms. The molecule has 4 aromatic carbocycles. The second-order valence-corrected chi connectivity index (χ2v) is 9.11. The molecule has 4 aromatic rings. The highest BCUT2D eigenvalue weighted by Gasteiger charge is 2.18. The smallest absolute Gasteiger partial charge is 0.0355 e. The van der Waals surface area contributed by atoms with Gasteiger partial charge in [-0.2, -0.15) is 0 Å². The first kappa shape index (κ1) is 21.9. The Hall–Kier alpha value is -3.97. The van der Waals surface area contributed by atoms with Crippen molar-refractivity contribution in [2.24, 2.45) is 5.92 Å². The van der Waals surface area contributed by atoms with Gasteiger partial charge in [0.15, 0.2) is 0 Å². The Balaban J connectivity index is 1.80. The maximum atomic E-state index is 8.01. The second kappa shape index (κ2) is 9.49. The lowest BCUT2D eigenvalue weighted by atomic mass is 9.83. The summed E-state index contributed by atoms with van der Waals surface area (Å²) in [7, 11) is 0. The van der Waals surface area contributed by atoms with Gasteiger partial charge in [0.25, 0.3) is 0 Å². The van der Waals surface area contributed by atoms with E-state index < -0.39 is 0 Å². The van der Waals surface area contributed by atoms with Gasteiger partial charge in [0, 0.05) is 5.71 Å². The van der Waals surface area contributed by atoms with E-state index in [9.17, 15) is 0 Å². The van der Waals surface area contributed by atoms with Crippen LogP contribution in [0.15, 0.2) is 115 Å². The van der Waals surface area contributed by atoms with Crippen LogP contribution >= 0.6 is 0 Å². The number of allylic oxidation sites excluding steroid dienone is 4. The van der Waals surface area contributed by atoms with Gasteiger partial charge in [0.2, 0.25) is 0 Å². The molecule has 1 nitrogen and oxygen atoms in total. The van der Waals surface area contributed by atoms with Crippen molar-refractivity contribution in [3.63, 3.8) is 0 Å². The van der Waals surface area contributed by atoms with Gasteiger partial charge in [-0.15, -0.1) is 0 Å². The van der Waals surface area contributed by atoms with Crippen molar-refractivity contribution < 1.29 is 0 Å². The average molecular weight is 440 g/mol. The Morgan fingerprint density at radius 1 is 0.706 bits per heavy atom. The summed E-state index contributed by atoms with van der Waals surface area (Å²) in [4.78, 5) is 0. The first-order chi connectivity index (χ1) is 16.6. The molecule has 0 saturated heterocycles. The van der Waals surface area contributed by atoms with Crippen LogP contribution in [0.25, 0.3) is 39.0 Å². The zero-order valence-electron chi connectivity index (χ0n) is 19.8. The minimum absolute atomic E-state index is 0.582. The standard InChI is InChI=1S/C33H29N/c1-23-13-15-26(16-14-23)30-21-31(27-9-5-3-6-10-27)33(29-19-17-25(18-20-29)24(2)34)32(22-30)28-11-7-4-8-12-28/h3-13,15-23,34H,14H2,1-2H3. The topological polar surface area (TPSA) is 23.9 Å². The molecule has 0 aliphatic heterocycles. The van der Waals surface area contributed by atoms with Crippen molar-refractivity contribution >= 4 is 11.3 Å². The van der Waals surface area contributed by atoms with Crippen LogP contribution in [0, 0.1) is 11.3 Å². The molecule has 166 valence electrons. The summed E-state index contributed by atoms with van der Waals surface area (Å²) in [5, 5.41) is 8.01. The molecule has 0 bridgehead atoms. The third-order valence-electron chi connectivity index (χ3n) is 6.56. The summed E-state index contributed by atoms with van der Waals surface area (Å²) in [5.74, 6) is 0.584. The third kappa shape index (κ3) is 4.43. The molecule has 0 amide bonds. The van der Waals surface area contributed by atoms with Crippen LogP contribution in [0.5, 0.6) is 0 Å². The Morgan fingerprint density at radius 2 is 1.26 bits per heavy atom. The molecule has 1 N–H and O–H groups in total. The highest BCUT2D eigenvalue weighted by atomic mass is 14.4. The monoisotopic (exact) mass is 439 g/mol. The molecule has 0 saturated carbocycles. The molecule has 0 heterocycles. The van der Waals surface area contributed by atoms with E-state index in [1.54, 1.807) is 0 Å². The van der Waals surface area contributed by atoms with Crippen molar-refractivity contribution in [2.75, 3.05) is 0 Å². The van der Waals surface area contributed by atoms with Crippen LogP contribution in [0.3, 0.4) is 0 Å². The lowest BCUT2D eigenvalue weighted by Crippen LogP contribution is -1.98. The number of benzene rings is 4. The van der Waals surface area contributed by atoms with Gasteiger partial charge < -0.3 is 5.41 Å². The fraction of sp³-hybridized carbons (Fsp3) is 0.121. The van der Waals surface area contributed by atoms with Crippen molar-refractivity contribution in [3.05, 3.63) is 126 Å². The van der Waals surface area contributed by atoms with Crippen molar-refractivity contribution in [3.8, 4) is 33.4 Å². The first-order valence-corrected chi connectivity index (χ1v) is 11.9. The summed E-state index contributed by atoms with van der Waals surface area (Å²) in [6.45, 7) is 4.10. The molecule has 5 rings (SSSR count). The van der Waals surface area contributed by atoms with Crippen LogP contribution in [0.1, 0.15) is 31.4 Å². The lowest BCUT2D eigenvalue weighted by molar-refractivity contribution is 0.739. The average Bonchev–Trinajstić information content (AvgIpc) is 2.89. The lowest BCUT2D eigenvalue weighted by Gasteiger charge is -2.20. The Kier molecular flexibility index (Phi) is 6.10. The van der Waals surface area contributed by atoms with Crippen LogP contribution < -0.4 is 0 Å². The second-order valence-electron chi connectivity index (χ2n) is 9.11. The quantitative estimate of drug-likeness (QED) is 0.300. The van der Waals surface area contributed by atoms with E-state index in [0.29, 0.717) is 11.6 Å². The summed E-state index contributed by atoms with van der Waals surface area (Å²) in [6.07, 6.45) is 8.02. The summed E-state index contributed by atoms with van der Waals surface area (Å²) < 4.78 is 0. The molecule has 1 aliphatic rings. The SMILES string of the molecule is CC(=N)c1ccc(-c2c(-c3ccccc3)cc(C3=CCC(C)C=C3)cc2-c2ccccc2)cc1. The minimum atomic E-state index is 0.582. The van der Waals surface area contributed by atoms with Gasteiger partial charge in [0.1, 0.15) is 0 Å². The molecule has 0 aromatic heterocycles. The van der Waals surface area contributed by atoms with E-state index in [-0.39, 0.29) is 0 Å². The number of rotatable bonds is 5. The van der Waals surface area contributed by atoms with Gasteiger partial charge in [-0.05, 0) is 81.5 Å². The maximum Gasteiger partial charge on any atom is 0.0355 e. The van der Waals surface area contributed by atoms with E-state index in [1.807, 2.05) is 6.92 Å². The minimum Gasteiger partial charge on any atom is -0.305 e. The van der Waals surface area contributed by atoms with Gasteiger partial charge >= 0.3 is 0 Å². The van der Waals surface area contributed by atoms with E-state index in [2.05, 4.69) is 122 Å². The highest BCUT2D eigenvalue weighted by molar-refractivity contribution is 6.00. The van der Waals surface area contributed by atoms with Crippen LogP contribution in [0.2, 0.25) is 0 Å². The molecular formula is C33H29N. The van der Waals surface area contributed by atoms with E-state index in [0.717, 1.165) is 17.5 Å². The van der Waals surface area contributed by atoms with Gasteiger partial charge in [0.05, 0.1) is 0 Å². The maximum absolute atomic E-state index is 8.01. The Labute approximate surface area is 202 Å². The van der Waals surface area contributed by atoms with E-state index in [4.69, 9.17) is 5.41 Å². The molecule has 0 fully saturated rings. The Bertz CT molecular complexity index is 1310. The molecule has 0 radical (unpaired) electrons. The largest absolute Gasteiger partial charge is 0.305 e. The molecule has 1 unspecified atom stereocenters. The fourth-order valence-corrected chi connectivity index (χ4v) is 4.64. The van der Waals surface area contributed by atoms with Gasteiger partial charge in [-0.1, -0.05) is 110 Å². The van der Waals surface area contributed by atoms with E-state index >= 15 is 0 Å². The molecule has 1 heteroatoms. The molecule has 1 aliphatic carbocycles. The van der Waals surface area contributed by atoms with Gasteiger partial charge in [-0.3, -0.25) is 0 Å². The predicted octanol–water partition coefficient (Wildman–Crippen LogP) is 9.05. The van der Waals surface area contributed by atoms with Crippen LogP contribution in [-0.2, 0) is 0 Å². The van der Waals surface area contributed by atoms with Crippen molar-refractivity contribution in [2.45, 2.75) is 20.3 Å². The highest BCUT2D eigenvalue weighted by Crippen LogP contribution is 2.43. The molecule has 1 atom stereocenters. The number of nitrogens with one attached hydrogen (secondary N) is 1. The molecule has 34 heavy (non-hydrogen) atoms. The van der Waals surface area contributed by atoms with Crippen LogP contribution in [-0.4, -0.2) is 5.71 Å². The Morgan fingerprint density at radius 3 is 1.74 bits per heavy atom. The zero-order chi connectivity index (χ0) is 23.5. The first-order valence-electron chi connectivity index (χ1n) is 11.9. The fourth-order valence-electron chi connectivity index (χ4n) is 4.64. The number of hydrogen-bond donors (Lipinski definition) is 1. The van der Waals surface area contributed by atoms with Crippen molar-refractivity contribution in [1.82, 2.24) is 0 Å². The molecular weight excluding hydrogens is 410 g/mol. The number of hydrogen-bond acceptors (Lipinski definition) is 1. The van der Waals surface area contributed by atoms with Crippen LogP contribution in [0.4, 0.5) is 0 Å². The normalized spacial score (nSPS) is 15.1. The zero-order valence-corrected chi connectivity index (χ0v) is 19.8. The van der Waals surface area contributed by atoms with Crippen molar-refractivity contribution in [1.29, 1.82) is 5.41 Å². The van der Waals surface area contributed by atoms with E-state index in [1.165, 1.54) is 39.0 Å². The predicted molar refractivity (Wildman–Crippen MR) is 146 cm³/mol.